The molecular formula is C16H20O4. The molecule has 2 rings (SSSR count). The highest BCUT2D eigenvalue weighted by molar-refractivity contribution is 5.89. The Hall–Kier alpha value is -1.65. The topological polar surface area (TPSA) is 66.8 Å². The monoisotopic (exact) mass is 276 g/mol. The van der Waals surface area contributed by atoms with Gasteiger partial charge in [0.1, 0.15) is 6.10 Å². The van der Waals surface area contributed by atoms with Gasteiger partial charge in [-0.1, -0.05) is 23.8 Å². The Morgan fingerprint density at radius 2 is 2.00 bits per heavy atom. The molecule has 2 atom stereocenters. The van der Waals surface area contributed by atoms with Crippen LogP contribution in [0.15, 0.2) is 41.5 Å². The molecule has 20 heavy (non-hydrogen) atoms. The zero-order valence-corrected chi connectivity index (χ0v) is 11.6. The fourth-order valence-corrected chi connectivity index (χ4v) is 2.77. The number of benzene rings is 1. The molecule has 0 fully saturated rings. The Balaban J connectivity index is 2.08. The molecule has 1 aliphatic rings. The molecule has 1 aromatic rings. The molecule has 0 unspecified atom stereocenters. The van der Waals surface area contributed by atoms with Crippen molar-refractivity contribution in [3.8, 4) is 0 Å². The van der Waals surface area contributed by atoms with Crippen molar-refractivity contribution in [2.45, 2.75) is 25.9 Å². The molecular weight excluding hydrogens is 256 g/mol. The number of carbonyl (C=O) groups excluding carboxylic acids is 1. The summed E-state index contributed by atoms with van der Waals surface area (Å²) in [6, 6.07) is 8.85. The molecule has 0 spiro atoms. The van der Waals surface area contributed by atoms with Gasteiger partial charge in [0.05, 0.1) is 12.2 Å². The zero-order chi connectivity index (χ0) is 14.5. The molecule has 0 saturated carbocycles. The number of hydrogen-bond donors (Lipinski definition) is 2. The highest BCUT2D eigenvalue weighted by atomic mass is 16.5. The fourth-order valence-electron chi connectivity index (χ4n) is 2.77. The number of esters is 1. The predicted molar refractivity (Wildman–Crippen MR) is 75.2 cm³/mol. The van der Waals surface area contributed by atoms with E-state index in [0.717, 1.165) is 11.1 Å². The lowest BCUT2D eigenvalue weighted by atomic mass is 9.96. The Morgan fingerprint density at radius 1 is 1.30 bits per heavy atom. The Kier molecular flexibility index (Phi) is 4.93. The van der Waals surface area contributed by atoms with E-state index in [1.54, 1.807) is 24.3 Å². The first-order valence-electron chi connectivity index (χ1n) is 6.83. The summed E-state index contributed by atoms with van der Waals surface area (Å²) in [6.45, 7) is 1.91. The third-order valence-electron chi connectivity index (χ3n) is 3.83. The van der Waals surface area contributed by atoms with E-state index >= 15 is 0 Å². The average molecular weight is 276 g/mol. The van der Waals surface area contributed by atoms with Crippen LogP contribution in [0.25, 0.3) is 0 Å². The molecule has 108 valence electrons. The van der Waals surface area contributed by atoms with Crippen LogP contribution < -0.4 is 0 Å². The van der Waals surface area contributed by atoms with Crippen molar-refractivity contribution < 1.29 is 19.7 Å². The van der Waals surface area contributed by atoms with Gasteiger partial charge in [-0.25, -0.2) is 4.79 Å². The lowest BCUT2D eigenvalue weighted by Gasteiger charge is -2.21. The van der Waals surface area contributed by atoms with Gasteiger partial charge in [0.25, 0.3) is 0 Å². The molecule has 0 amide bonds. The normalized spacial score (nSPS) is 22.1. The molecule has 2 N–H and O–H groups in total. The van der Waals surface area contributed by atoms with Gasteiger partial charge in [0, 0.05) is 18.9 Å². The second-order valence-corrected chi connectivity index (χ2v) is 5.10. The first-order chi connectivity index (χ1) is 9.67. The van der Waals surface area contributed by atoms with Gasteiger partial charge in [0.2, 0.25) is 0 Å². The quantitative estimate of drug-likeness (QED) is 0.637. The van der Waals surface area contributed by atoms with E-state index < -0.39 is 0 Å². The maximum absolute atomic E-state index is 12.1. The van der Waals surface area contributed by atoms with Crippen molar-refractivity contribution in [3.63, 3.8) is 0 Å². The average Bonchev–Trinajstić information content (AvgIpc) is 2.75. The summed E-state index contributed by atoms with van der Waals surface area (Å²) in [4.78, 5) is 12.1. The highest BCUT2D eigenvalue weighted by Crippen LogP contribution is 2.36. The van der Waals surface area contributed by atoms with Gasteiger partial charge in [-0.2, -0.15) is 0 Å². The fraction of sp³-hybridized carbons (Fsp3) is 0.438. The summed E-state index contributed by atoms with van der Waals surface area (Å²) in [5, 5.41) is 18.6. The lowest BCUT2D eigenvalue weighted by molar-refractivity contribution is 0.0185. The molecule has 1 aromatic carbocycles. The molecule has 0 aromatic heterocycles. The van der Waals surface area contributed by atoms with Crippen LogP contribution in [0, 0.1) is 5.92 Å². The van der Waals surface area contributed by atoms with E-state index in [1.165, 1.54) is 0 Å². The first kappa shape index (κ1) is 14.8. The minimum atomic E-state index is -0.356. The summed E-state index contributed by atoms with van der Waals surface area (Å²) in [5.74, 6) is -0.441. The van der Waals surface area contributed by atoms with Crippen molar-refractivity contribution in [2.75, 3.05) is 13.2 Å². The molecule has 0 radical (unpaired) electrons. The van der Waals surface area contributed by atoms with Gasteiger partial charge in [0.15, 0.2) is 0 Å². The van der Waals surface area contributed by atoms with Crippen molar-refractivity contribution in [3.05, 3.63) is 47.0 Å². The number of aliphatic hydroxyl groups excluding tert-OH is 2. The number of carbonyl (C=O) groups is 1. The van der Waals surface area contributed by atoms with Crippen LogP contribution in [0.3, 0.4) is 0 Å². The standard InChI is InChI=1S/C16H20O4/c1-11-9-15(13(7-8-17)14(11)10-18)20-16(19)12-5-3-2-4-6-12/h2-6,13,15,17-18H,7-10H2,1H3/t13-,15-/m1/s1. The lowest BCUT2D eigenvalue weighted by Crippen LogP contribution is -2.26. The molecule has 4 heteroatoms. The van der Waals surface area contributed by atoms with Crippen LogP contribution in [0.4, 0.5) is 0 Å². The third-order valence-corrected chi connectivity index (χ3v) is 3.83. The highest BCUT2D eigenvalue weighted by Gasteiger charge is 2.35. The number of aliphatic hydroxyl groups is 2. The minimum absolute atomic E-state index is 0.0147. The Morgan fingerprint density at radius 3 is 2.60 bits per heavy atom. The maximum atomic E-state index is 12.1. The van der Waals surface area contributed by atoms with Gasteiger partial charge in [-0.3, -0.25) is 0 Å². The van der Waals surface area contributed by atoms with Crippen LogP contribution in [-0.4, -0.2) is 35.5 Å². The largest absolute Gasteiger partial charge is 0.458 e. The summed E-state index contributed by atoms with van der Waals surface area (Å²) >= 11 is 0. The molecule has 0 aliphatic heterocycles. The zero-order valence-electron chi connectivity index (χ0n) is 11.6. The number of ether oxygens (including phenoxy) is 1. The van der Waals surface area contributed by atoms with Gasteiger partial charge < -0.3 is 14.9 Å². The second-order valence-electron chi connectivity index (χ2n) is 5.10. The van der Waals surface area contributed by atoms with Gasteiger partial charge in [-0.05, 0) is 31.1 Å². The van der Waals surface area contributed by atoms with Crippen LogP contribution in [0.1, 0.15) is 30.1 Å². The van der Waals surface area contributed by atoms with Crippen LogP contribution in [-0.2, 0) is 4.74 Å². The molecule has 0 heterocycles. The summed E-state index contributed by atoms with van der Waals surface area (Å²) < 4.78 is 5.56. The number of rotatable bonds is 5. The van der Waals surface area contributed by atoms with E-state index in [2.05, 4.69) is 0 Å². The van der Waals surface area contributed by atoms with Crippen molar-refractivity contribution >= 4 is 5.97 Å². The van der Waals surface area contributed by atoms with E-state index in [-0.39, 0.29) is 31.2 Å². The van der Waals surface area contributed by atoms with Crippen LogP contribution in [0.2, 0.25) is 0 Å². The smallest absolute Gasteiger partial charge is 0.338 e. The second kappa shape index (κ2) is 6.68. The van der Waals surface area contributed by atoms with E-state index in [0.29, 0.717) is 18.4 Å². The van der Waals surface area contributed by atoms with Crippen molar-refractivity contribution in [1.29, 1.82) is 0 Å². The molecule has 0 saturated heterocycles. The SMILES string of the molecule is CC1=C(CO)[C@@H](CCO)[C@H](OC(=O)c2ccccc2)C1. The molecule has 0 bridgehead atoms. The van der Waals surface area contributed by atoms with Crippen LogP contribution >= 0.6 is 0 Å². The minimum Gasteiger partial charge on any atom is -0.458 e. The first-order valence-corrected chi connectivity index (χ1v) is 6.83. The van der Waals surface area contributed by atoms with E-state index in [4.69, 9.17) is 9.84 Å². The van der Waals surface area contributed by atoms with Crippen molar-refractivity contribution in [2.24, 2.45) is 5.92 Å². The van der Waals surface area contributed by atoms with Crippen molar-refractivity contribution in [1.82, 2.24) is 0 Å². The summed E-state index contributed by atoms with van der Waals surface area (Å²) in [7, 11) is 0. The Bertz CT molecular complexity index is 492. The predicted octanol–water partition coefficient (Wildman–Crippen LogP) is 1.92. The summed E-state index contributed by atoms with van der Waals surface area (Å²) in [6.07, 6.45) is 0.830. The van der Waals surface area contributed by atoms with Gasteiger partial charge >= 0.3 is 5.97 Å². The summed E-state index contributed by atoms with van der Waals surface area (Å²) in [5.41, 5.74) is 2.46. The number of hydrogen-bond acceptors (Lipinski definition) is 4. The molecule has 4 nitrogen and oxygen atoms in total. The van der Waals surface area contributed by atoms with E-state index in [9.17, 15) is 9.90 Å². The Labute approximate surface area is 118 Å². The van der Waals surface area contributed by atoms with Gasteiger partial charge in [-0.15, -0.1) is 0 Å². The molecule has 1 aliphatic carbocycles. The van der Waals surface area contributed by atoms with E-state index in [1.807, 2.05) is 13.0 Å². The third kappa shape index (κ3) is 3.08. The van der Waals surface area contributed by atoms with Crippen LogP contribution in [0.5, 0.6) is 0 Å². The maximum Gasteiger partial charge on any atom is 0.338 e.